The second kappa shape index (κ2) is 3.64. The molecule has 2 fully saturated rings. The summed E-state index contributed by atoms with van der Waals surface area (Å²) in [6.45, 7) is 0.935. The number of rotatable bonds is 1. The maximum absolute atomic E-state index is 5.93. The summed E-state index contributed by atoms with van der Waals surface area (Å²) in [5, 5.41) is 0. The third-order valence-electron chi connectivity index (χ3n) is 4.07. The van der Waals surface area contributed by atoms with Gasteiger partial charge in [-0.25, -0.2) is 0 Å². The molecule has 0 bridgehead atoms. The molecule has 3 rings (SSSR count). The van der Waals surface area contributed by atoms with Crippen molar-refractivity contribution in [2.75, 3.05) is 6.61 Å². The molecule has 1 aromatic carbocycles. The van der Waals surface area contributed by atoms with Crippen LogP contribution >= 0.6 is 0 Å². The summed E-state index contributed by atoms with van der Waals surface area (Å²) in [7, 11) is 0. The molecule has 80 valence electrons. The molecule has 2 aliphatic rings. The molecule has 1 aliphatic carbocycles. The van der Waals surface area contributed by atoms with Crippen LogP contribution in [0.1, 0.15) is 43.6 Å². The third kappa shape index (κ3) is 1.50. The van der Waals surface area contributed by atoms with Crippen LogP contribution in [0.3, 0.4) is 0 Å². The number of hydrogen-bond donors (Lipinski definition) is 0. The van der Waals surface area contributed by atoms with Gasteiger partial charge in [0.15, 0.2) is 0 Å². The third-order valence-corrected chi connectivity index (χ3v) is 4.07. The van der Waals surface area contributed by atoms with Crippen LogP contribution in [-0.4, -0.2) is 12.2 Å². The van der Waals surface area contributed by atoms with Crippen LogP contribution in [-0.2, 0) is 4.74 Å². The van der Waals surface area contributed by atoms with Gasteiger partial charge in [0.25, 0.3) is 0 Å². The molecule has 1 heterocycles. The van der Waals surface area contributed by atoms with Crippen molar-refractivity contribution in [1.29, 1.82) is 0 Å². The minimum atomic E-state index is 0.222. The van der Waals surface area contributed by atoms with Crippen molar-refractivity contribution in [2.24, 2.45) is 0 Å². The Kier molecular flexibility index (Phi) is 2.28. The zero-order valence-electron chi connectivity index (χ0n) is 9.11. The molecule has 1 aliphatic heterocycles. The van der Waals surface area contributed by atoms with E-state index in [-0.39, 0.29) is 5.60 Å². The first-order valence-corrected chi connectivity index (χ1v) is 6.10. The van der Waals surface area contributed by atoms with E-state index in [1.54, 1.807) is 0 Å². The quantitative estimate of drug-likeness (QED) is 0.677. The van der Waals surface area contributed by atoms with Crippen molar-refractivity contribution in [3.63, 3.8) is 0 Å². The molecule has 1 saturated heterocycles. The predicted molar refractivity (Wildman–Crippen MR) is 61.0 cm³/mol. The largest absolute Gasteiger partial charge is 0.374 e. The standard InChI is InChI=1S/C14H18O/c1-3-7-12(8-4-1)13-11-15-14(13)9-5-2-6-10-14/h1,3-4,7-8,13H,2,5-6,9-11H2. The number of ether oxygens (including phenoxy) is 1. The normalized spacial score (nSPS) is 28.7. The van der Waals surface area contributed by atoms with E-state index in [1.165, 1.54) is 37.7 Å². The summed E-state index contributed by atoms with van der Waals surface area (Å²) < 4.78 is 5.93. The van der Waals surface area contributed by atoms with Gasteiger partial charge in [-0.1, -0.05) is 49.6 Å². The fourth-order valence-electron chi connectivity index (χ4n) is 3.13. The molecule has 0 amide bonds. The molecule has 0 aromatic heterocycles. The summed E-state index contributed by atoms with van der Waals surface area (Å²) in [6, 6.07) is 10.9. The highest BCUT2D eigenvalue weighted by Crippen LogP contribution is 2.49. The van der Waals surface area contributed by atoms with Gasteiger partial charge in [-0.05, 0) is 18.4 Å². The van der Waals surface area contributed by atoms with Crippen LogP contribution in [0, 0.1) is 0 Å². The topological polar surface area (TPSA) is 9.23 Å². The van der Waals surface area contributed by atoms with Gasteiger partial charge in [0.2, 0.25) is 0 Å². The van der Waals surface area contributed by atoms with Crippen molar-refractivity contribution in [1.82, 2.24) is 0 Å². The van der Waals surface area contributed by atoms with Crippen LogP contribution < -0.4 is 0 Å². The van der Waals surface area contributed by atoms with E-state index >= 15 is 0 Å². The van der Waals surface area contributed by atoms with Crippen LogP contribution in [0.25, 0.3) is 0 Å². The smallest absolute Gasteiger partial charge is 0.0773 e. The summed E-state index contributed by atoms with van der Waals surface area (Å²) in [5.41, 5.74) is 1.70. The Labute approximate surface area is 91.5 Å². The summed E-state index contributed by atoms with van der Waals surface area (Å²) >= 11 is 0. The van der Waals surface area contributed by atoms with E-state index in [9.17, 15) is 0 Å². The molecule has 1 spiro atoms. The lowest BCUT2D eigenvalue weighted by Crippen LogP contribution is -2.52. The Balaban J connectivity index is 1.83. The molecule has 1 aromatic rings. The lowest BCUT2D eigenvalue weighted by molar-refractivity contribution is -0.187. The Hall–Kier alpha value is -0.820. The molecule has 1 unspecified atom stereocenters. The molecule has 1 atom stereocenters. The first-order chi connectivity index (χ1) is 7.41. The Bertz CT molecular complexity index is 324. The fourth-order valence-corrected chi connectivity index (χ4v) is 3.13. The van der Waals surface area contributed by atoms with Gasteiger partial charge in [0, 0.05) is 5.92 Å². The number of benzene rings is 1. The highest BCUT2D eigenvalue weighted by Gasteiger charge is 2.48. The van der Waals surface area contributed by atoms with Crippen molar-refractivity contribution in [2.45, 2.75) is 43.6 Å². The summed E-state index contributed by atoms with van der Waals surface area (Å²) in [6.07, 6.45) is 6.64. The maximum Gasteiger partial charge on any atom is 0.0773 e. The van der Waals surface area contributed by atoms with Gasteiger partial charge in [-0.3, -0.25) is 0 Å². The van der Waals surface area contributed by atoms with Gasteiger partial charge in [0.1, 0.15) is 0 Å². The SMILES string of the molecule is c1ccc(C2COC23CCCCC3)cc1. The van der Waals surface area contributed by atoms with Gasteiger partial charge >= 0.3 is 0 Å². The van der Waals surface area contributed by atoms with E-state index in [1.807, 2.05) is 0 Å². The first-order valence-electron chi connectivity index (χ1n) is 6.10. The van der Waals surface area contributed by atoms with E-state index in [0.29, 0.717) is 5.92 Å². The predicted octanol–water partition coefficient (Wildman–Crippen LogP) is 3.50. The minimum Gasteiger partial charge on any atom is -0.374 e. The molecular formula is C14H18O. The highest BCUT2D eigenvalue weighted by molar-refractivity contribution is 5.26. The molecule has 1 nitrogen and oxygen atoms in total. The van der Waals surface area contributed by atoms with Gasteiger partial charge in [0.05, 0.1) is 12.2 Å². The van der Waals surface area contributed by atoms with E-state index in [0.717, 1.165) is 6.61 Å². The lowest BCUT2D eigenvalue weighted by Gasteiger charge is -2.52. The van der Waals surface area contributed by atoms with Crippen LogP contribution in [0.2, 0.25) is 0 Å². The molecule has 15 heavy (non-hydrogen) atoms. The van der Waals surface area contributed by atoms with Crippen LogP contribution in [0.4, 0.5) is 0 Å². The van der Waals surface area contributed by atoms with Crippen molar-refractivity contribution < 1.29 is 4.74 Å². The second-order valence-electron chi connectivity index (χ2n) is 4.90. The van der Waals surface area contributed by atoms with Crippen LogP contribution in [0.5, 0.6) is 0 Å². The molecule has 0 radical (unpaired) electrons. The van der Waals surface area contributed by atoms with Crippen molar-refractivity contribution in [3.05, 3.63) is 35.9 Å². The second-order valence-corrected chi connectivity index (χ2v) is 4.90. The Morgan fingerprint density at radius 1 is 1.00 bits per heavy atom. The van der Waals surface area contributed by atoms with E-state index in [4.69, 9.17) is 4.74 Å². The Morgan fingerprint density at radius 2 is 1.73 bits per heavy atom. The van der Waals surface area contributed by atoms with Crippen LogP contribution in [0.15, 0.2) is 30.3 Å². The van der Waals surface area contributed by atoms with Crippen molar-refractivity contribution >= 4 is 0 Å². The zero-order chi connectivity index (χ0) is 10.1. The molecule has 1 heteroatoms. The van der Waals surface area contributed by atoms with E-state index in [2.05, 4.69) is 30.3 Å². The Morgan fingerprint density at radius 3 is 2.33 bits per heavy atom. The highest BCUT2D eigenvalue weighted by atomic mass is 16.5. The van der Waals surface area contributed by atoms with Gasteiger partial charge in [-0.15, -0.1) is 0 Å². The maximum atomic E-state index is 5.93. The van der Waals surface area contributed by atoms with Gasteiger partial charge in [-0.2, -0.15) is 0 Å². The summed E-state index contributed by atoms with van der Waals surface area (Å²) in [4.78, 5) is 0. The average molecular weight is 202 g/mol. The average Bonchev–Trinajstić information content (AvgIpc) is 2.30. The number of hydrogen-bond acceptors (Lipinski definition) is 1. The lowest BCUT2D eigenvalue weighted by atomic mass is 9.69. The fraction of sp³-hybridized carbons (Fsp3) is 0.571. The van der Waals surface area contributed by atoms with E-state index < -0.39 is 0 Å². The molecular weight excluding hydrogens is 184 g/mol. The monoisotopic (exact) mass is 202 g/mol. The van der Waals surface area contributed by atoms with Crippen molar-refractivity contribution in [3.8, 4) is 0 Å². The summed E-state index contributed by atoms with van der Waals surface area (Å²) in [5.74, 6) is 0.666. The molecule has 1 saturated carbocycles. The minimum absolute atomic E-state index is 0.222. The van der Waals surface area contributed by atoms with Gasteiger partial charge < -0.3 is 4.74 Å². The zero-order valence-corrected chi connectivity index (χ0v) is 9.11. The molecule has 0 N–H and O–H groups in total. The first kappa shape index (κ1) is 9.41.